The molecule has 6 heteroatoms. The van der Waals surface area contributed by atoms with Crippen LogP contribution in [-0.4, -0.2) is 63.1 Å². The molecule has 0 saturated carbocycles. The highest BCUT2D eigenvalue weighted by atomic mass is 32.2. The van der Waals surface area contributed by atoms with Gasteiger partial charge < -0.3 is 5.73 Å². The molecule has 0 atom stereocenters. The number of nitrogens with two attached hydrogens (primary N) is 1. The molecule has 0 amide bonds. The Labute approximate surface area is 91.6 Å². The number of piperazine rings is 1. The molecule has 1 rings (SSSR count). The minimum Gasteiger partial charge on any atom is -0.327 e. The molecular weight excluding hydrogens is 214 g/mol. The van der Waals surface area contributed by atoms with E-state index in [-0.39, 0.29) is 0 Å². The molecule has 0 spiro atoms. The monoisotopic (exact) mass is 233 g/mol. The number of nitrogens with zero attached hydrogens (tertiary/aromatic N) is 2. The SMILES string of the molecule is CS(=O)(=O)N1CCN(CC=CCN)CC1. The van der Waals surface area contributed by atoms with Crippen LogP contribution in [0.1, 0.15) is 0 Å². The summed E-state index contributed by atoms with van der Waals surface area (Å²) in [6, 6.07) is 0. The molecule has 1 saturated heterocycles. The van der Waals surface area contributed by atoms with Crippen molar-refractivity contribution in [3.05, 3.63) is 12.2 Å². The maximum absolute atomic E-state index is 11.2. The molecule has 88 valence electrons. The second-order valence-electron chi connectivity index (χ2n) is 3.67. The van der Waals surface area contributed by atoms with E-state index < -0.39 is 10.0 Å². The summed E-state index contributed by atoms with van der Waals surface area (Å²) in [5.41, 5.74) is 5.33. The fraction of sp³-hybridized carbons (Fsp3) is 0.778. The van der Waals surface area contributed by atoms with E-state index in [0.717, 1.165) is 19.6 Å². The zero-order valence-electron chi connectivity index (χ0n) is 9.09. The van der Waals surface area contributed by atoms with Gasteiger partial charge in [-0.2, -0.15) is 4.31 Å². The Morgan fingerprint density at radius 1 is 1.20 bits per heavy atom. The van der Waals surface area contributed by atoms with Gasteiger partial charge >= 0.3 is 0 Å². The summed E-state index contributed by atoms with van der Waals surface area (Å²) in [6.07, 6.45) is 5.20. The van der Waals surface area contributed by atoms with Crippen LogP contribution in [0, 0.1) is 0 Å². The van der Waals surface area contributed by atoms with Crippen molar-refractivity contribution in [2.75, 3.05) is 45.5 Å². The summed E-state index contributed by atoms with van der Waals surface area (Å²) in [4.78, 5) is 2.22. The van der Waals surface area contributed by atoms with E-state index in [1.165, 1.54) is 10.6 Å². The Bertz CT molecular complexity index is 305. The third-order valence-electron chi connectivity index (χ3n) is 2.47. The second-order valence-corrected chi connectivity index (χ2v) is 5.65. The van der Waals surface area contributed by atoms with Crippen molar-refractivity contribution in [1.82, 2.24) is 9.21 Å². The van der Waals surface area contributed by atoms with Gasteiger partial charge in [0.25, 0.3) is 0 Å². The molecule has 0 aliphatic carbocycles. The van der Waals surface area contributed by atoms with Crippen molar-refractivity contribution in [3.63, 3.8) is 0 Å². The van der Waals surface area contributed by atoms with E-state index >= 15 is 0 Å². The van der Waals surface area contributed by atoms with E-state index in [2.05, 4.69) is 4.90 Å². The Morgan fingerprint density at radius 2 is 1.80 bits per heavy atom. The average Bonchev–Trinajstić information content (AvgIpc) is 2.18. The van der Waals surface area contributed by atoms with E-state index in [1.807, 2.05) is 12.2 Å². The summed E-state index contributed by atoms with van der Waals surface area (Å²) in [5.74, 6) is 0. The third-order valence-corrected chi connectivity index (χ3v) is 3.77. The predicted molar refractivity (Wildman–Crippen MR) is 61.1 cm³/mol. The van der Waals surface area contributed by atoms with Crippen molar-refractivity contribution in [3.8, 4) is 0 Å². The number of rotatable bonds is 4. The lowest BCUT2D eigenvalue weighted by Gasteiger charge is -2.32. The van der Waals surface area contributed by atoms with E-state index in [4.69, 9.17) is 5.73 Å². The summed E-state index contributed by atoms with van der Waals surface area (Å²) in [6.45, 7) is 4.19. The zero-order chi connectivity index (χ0) is 11.3. The molecule has 0 aromatic carbocycles. The van der Waals surface area contributed by atoms with Gasteiger partial charge in [-0.25, -0.2) is 8.42 Å². The first-order valence-electron chi connectivity index (χ1n) is 5.06. The molecular formula is C9H19N3O2S. The first-order valence-corrected chi connectivity index (χ1v) is 6.91. The van der Waals surface area contributed by atoms with Gasteiger partial charge in [-0.15, -0.1) is 0 Å². The Kier molecular flexibility index (Phi) is 4.72. The van der Waals surface area contributed by atoms with Crippen LogP contribution in [0.5, 0.6) is 0 Å². The topological polar surface area (TPSA) is 66.6 Å². The maximum Gasteiger partial charge on any atom is 0.211 e. The quantitative estimate of drug-likeness (QED) is 0.638. The first-order chi connectivity index (χ1) is 7.04. The summed E-state index contributed by atoms with van der Waals surface area (Å²) < 4.78 is 24.0. The lowest BCUT2D eigenvalue weighted by molar-refractivity contribution is 0.205. The lowest BCUT2D eigenvalue weighted by atomic mass is 10.3. The average molecular weight is 233 g/mol. The van der Waals surface area contributed by atoms with Crippen molar-refractivity contribution < 1.29 is 8.42 Å². The first kappa shape index (κ1) is 12.6. The highest BCUT2D eigenvalue weighted by Gasteiger charge is 2.22. The standard InChI is InChI=1S/C9H19N3O2S/c1-15(13,14)12-8-6-11(7-9-12)5-3-2-4-10/h2-3H,4-10H2,1H3. The van der Waals surface area contributed by atoms with Crippen molar-refractivity contribution in [1.29, 1.82) is 0 Å². The van der Waals surface area contributed by atoms with Gasteiger partial charge in [0, 0.05) is 39.3 Å². The molecule has 1 aliphatic heterocycles. The lowest BCUT2D eigenvalue weighted by Crippen LogP contribution is -2.48. The smallest absolute Gasteiger partial charge is 0.211 e. The van der Waals surface area contributed by atoms with Crippen LogP contribution in [0.4, 0.5) is 0 Å². The van der Waals surface area contributed by atoms with Gasteiger partial charge in [-0.05, 0) is 0 Å². The third kappa shape index (κ3) is 4.29. The largest absolute Gasteiger partial charge is 0.327 e. The number of hydrogen-bond donors (Lipinski definition) is 1. The number of hydrogen-bond acceptors (Lipinski definition) is 4. The molecule has 0 aromatic heterocycles. The van der Waals surface area contributed by atoms with Crippen LogP contribution < -0.4 is 5.73 Å². The molecule has 2 N–H and O–H groups in total. The van der Waals surface area contributed by atoms with Crippen LogP contribution in [-0.2, 0) is 10.0 Å². The van der Waals surface area contributed by atoms with Crippen molar-refractivity contribution in [2.45, 2.75) is 0 Å². The Balaban J connectivity index is 2.33. The molecule has 0 aromatic rings. The Hall–Kier alpha value is -0.430. The Morgan fingerprint density at radius 3 is 2.27 bits per heavy atom. The number of sulfonamides is 1. The van der Waals surface area contributed by atoms with Crippen LogP contribution in [0.25, 0.3) is 0 Å². The van der Waals surface area contributed by atoms with Crippen molar-refractivity contribution >= 4 is 10.0 Å². The van der Waals surface area contributed by atoms with E-state index in [9.17, 15) is 8.42 Å². The molecule has 0 bridgehead atoms. The summed E-state index contributed by atoms with van der Waals surface area (Å²) >= 11 is 0. The molecule has 1 aliphatic rings. The van der Waals surface area contributed by atoms with Crippen LogP contribution in [0.15, 0.2) is 12.2 Å². The molecule has 1 fully saturated rings. The van der Waals surface area contributed by atoms with Crippen LogP contribution in [0.3, 0.4) is 0 Å². The van der Waals surface area contributed by atoms with Gasteiger partial charge in [0.15, 0.2) is 0 Å². The van der Waals surface area contributed by atoms with Crippen LogP contribution >= 0.6 is 0 Å². The zero-order valence-corrected chi connectivity index (χ0v) is 9.91. The predicted octanol–water partition coefficient (Wildman–Crippen LogP) is -0.921. The van der Waals surface area contributed by atoms with Crippen LogP contribution in [0.2, 0.25) is 0 Å². The fourth-order valence-electron chi connectivity index (χ4n) is 1.56. The normalized spacial score (nSPS) is 21.2. The van der Waals surface area contributed by atoms with Gasteiger partial charge in [0.05, 0.1) is 6.26 Å². The minimum atomic E-state index is -3.01. The van der Waals surface area contributed by atoms with Gasteiger partial charge in [-0.3, -0.25) is 4.90 Å². The molecule has 15 heavy (non-hydrogen) atoms. The molecule has 1 heterocycles. The van der Waals surface area contributed by atoms with Gasteiger partial charge in [-0.1, -0.05) is 12.2 Å². The van der Waals surface area contributed by atoms with Crippen molar-refractivity contribution in [2.24, 2.45) is 5.73 Å². The van der Waals surface area contributed by atoms with Gasteiger partial charge in [0.1, 0.15) is 0 Å². The molecule has 0 radical (unpaired) electrons. The maximum atomic E-state index is 11.2. The van der Waals surface area contributed by atoms with Gasteiger partial charge in [0.2, 0.25) is 10.0 Å². The second kappa shape index (κ2) is 5.60. The highest BCUT2D eigenvalue weighted by Crippen LogP contribution is 2.05. The highest BCUT2D eigenvalue weighted by molar-refractivity contribution is 7.88. The summed E-state index contributed by atoms with van der Waals surface area (Å²) in [5, 5.41) is 0. The van der Waals surface area contributed by atoms with E-state index in [1.54, 1.807) is 0 Å². The molecule has 0 unspecified atom stereocenters. The molecule has 5 nitrogen and oxygen atoms in total. The van der Waals surface area contributed by atoms with E-state index in [0.29, 0.717) is 19.6 Å². The minimum absolute atomic E-state index is 0.559. The fourth-order valence-corrected chi connectivity index (χ4v) is 2.39. The summed E-state index contributed by atoms with van der Waals surface area (Å²) in [7, 11) is -3.01.